The fourth-order valence-electron chi connectivity index (χ4n) is 2.94. The summed E-state index contributed by atoms with van der Waals surface area (Å²) >= 11 is 0. The summed E-state index contributed by atoms with van der Waals surface area (Å²) in [6, 6.07) is 5.08. The Kier molecular flexibility index (Phi) is 3.63. The second kappa shape index (κ2) is 5.49. The summed E-state index contributed by atoms with van der Waals surface area (Å²) < 4.78 is 13.1. The van der Waals surface area contributed by atoms with Crippen LogP contribution in [0, 0.1) is 17.7 Å². The summed E-state index contributed by atoms with van der Waals surface area (Å²) in [5.74, 6) is -3.48. The highest BCUT2D eigenvalue weighted by Gasteiger charge is 2.44. The van der Waals surface area contributed by atoms with Crippen molar-refractivity contribution in [3.63, 3.8) is 0 Å². The molecule has 0 aromatic heterocycles. The maximum absolute atomic E-state index is 13.1. The highest BCUT2D eigenvalue weighted by molar-refractivity contribution is 6.16. The molecule has 1 atom stereocenters. The minimum absolute atomic E-state index is 0.0848. The van der Waals surface area contributed by atoms with Crippen molar-refractivity contribution in [1.82, 2.24) is 0 Å². The van der Waals surface area contributed by atoms with E-state index < -0.39 is 29.5 Å². The van der Waals surface area contributed by atoms with Crippen LogP contribution in [0.1, 0.15) is 19.3 Å². The van der Waals surface area contributed by atoms with Gasteiger partial charge >= 0.3 is 0 Å². The summed E-state index contributed by atoms with van der Waals surface area (Å²) in [4.78, 5) is 37.3. The van der Waals surface area contributed by atoms with E-state index in [1.165, 1.54) is 24.3 Å². The molecule has 0 spiro atoms. The average Bonchev–Trinajstić information content (AvgIpc) is 3.32. The van der Waals surface area contributed by atoms with E-state index in [1.54, 1.807) is 0 Å². The van der Waals surface area contributed by atoms with E-state index in [0.29, 0.717) is 5.57 Å². The lowest BCUT2D eigenvalue weighted by atomic mass is 9.87. The van der Waals surface area contributed by atoms with Gasteiger partial charge in [0.2, 0.25) is 11.8 Å². The number of hydrogen-bond acceptors (Lipinski definition) is 3. The third-order valence-electron chi connectivity index (χ3n) is 4.20. The number of carbonyl (C=O) groups is 3. The third-order valence-corrected chi connectivity index (χ3v) is 4.20. The number of benzene rings is 1. The summed E-state index contributed by atoms with van der Waals surface area (Å²) in [6.07, 6.45) is 1.88. The minimum Gasteiger partial charge on any atom is -0.369 e. The lowest BCUT2D eigenvalue weighted by Gasteiger charge is -2.34. The Morgan fingerprint density at radius 3 is 2.22 bits per heavy atom. The largest absolute Gasteiger partial charge is 0.369 e. The molecule has 4 N–H and O–H groups in total. The number of rotatable bonds is 4. The number of allylic oxidation sites excluding steroid dienone is 1. The van der Waals surface area contributed by atoms with Gasteiger partial charge in [-0.3, -0.25) is 19.3 Å². The molecule has 1 unspecified atom stereocenters. The highest BCUT2D eigenvalue weighted by Crippen LogP contribution is 2.45. The van der Waals surface area contributed by atoms with Gasteiger partial charge in [0, 0.05) is 5.69 Å². The lowest BCUT2D eigenvalue weighted by molar-refractivity contribution is -0.132. The molecule has 0 saturated heterocycles. The summed E-state index contributed by atoms with van der Waals surface area (Å²) in [6.45, 7) is 0. The first-order valence-electron chi connectivity index (χ1n) is 7.32. The molecule has 1 heterocycles. The molecular weight excluding hydrogens is 301 g/mol. The Labute approximate surface area is 131 Å². The SMILES string of the molecule is NC(=O)C1=C(C2CC2)CC(C(N)=O)C(=O)N1c1ccc(F)cc1. The predicted octanol–water partition coefficient (Wildman–Crippen LogP) is 0.813. The molecule has 120 valence electrons. The number of hydrogen-bond donors (Lipinski definition) is 2. The molecule has 1 saturated carbocycles. The number of primary amides is 2. The van der Waals surface area contributed by atoms with Crippen LogP contribution in [0.2, 0.25) is 0 Å². The normalized spacial score (nSPS) is 21.5. The van der Waals surface area contributed by atoms with E-state index in [-0.39, 0.29) is 23.7 Å². The molecule has 1 fully saturated rings. The number of anilines is 1. The van der Waals surface area contributed by atoms with Crippen molar-refractivity contribution in [3.8, 4) is 0 Å². The molecule has 3 rings (SSSR count). The van der Waals surface area contributed by atoms with E-state index >= 15 is 0 Å². The van der Waals surface area contributed by atoms with Crippen molar-refractivity contribution in [3.05, 3.63) is 41.4 Å². The van der Waals surface area contributed by atoms with Crippen molar-refractivity contribution >= 4 is 23.4 Å². The van der Waals surface area contributed by atoms with Crippen LogP contribution in [0.25, 0.3) is 0 Å². The van der Waals surface area contributed by atoms with E-state index in [1.807, 2.05) is 0 Å². The van der Waals surface area contributed by atoms with Crippen LogP contribution in [-0.4, -0.2) is 17.7 Å². The zero-order valence-corrected chi connectivity index (χ0v) is 12.3. The standard InChI is InChI=1S/C16H16FN3O3/c17-9-3-5-10(6-4-9)20-13(15(19)22)11(8-1-2-8)7-12(14(18)21)16(20)23/h3-6,8,12H,1-2,7H2,(H2,18,21)(H2,19,22). The maximum atomic E-state index is 13.1. The van der Waals surface area contributed by atoms with Gasteiger partial charge < -0.3 is 11.5 Å². The van der Waals surface area contributed by atoms with Gasteiger partial charge in [-0.1, -0.05) is 0 Å². The van der Waals surface area contributed by atoms with Crippen molar-refractivity contribution in [2.75, 3.05) is 4.90 Å². The number of nitrogens with zero attached hydrogens (tertiary/aromatic N) is 1. The van der Waals surface area contributed by atoms with Gasteiger partial charge in [0.05, 0.1) is 0 Å². The first-order chi connectivity index (χ1) is 10.9. The quantitative estimate of drug-likeness (QED) is 0.803. The van der Waals surface area contributed by atoms with E-state index in [0.717, 1.165) is 17.7 Å². The Morgan fingerprint density at radius 2 is 1.74 bits per heavy atom. The van der Waals surface area contributed by atoms with Gasteiger partial charge in [-0.25, -0.2) is 4.39 Å². The van der Waals surface area contributed by atoms with Crippen LogP contribution >= 0.6 is 0 Å². The molecular formula is C16H16FN3O3. The highest BCUT2D eigenvalue weighted by atomic mass is 19.1. The van der Waals surface area contributed by atoms with E-state index in [2.05, 4.69) is 0 Å². The minimum atomic E-state index is -1.04. The fraction of sp³-hybridized carbons (Fsp3) is 0.312. The molecule has 23 heavy (non-hydrogen) atoms. The molecule has 1 aromatic carbocycles. The van der Waals surface area contributed by atoms with Crippen LogP contribution in [0.15, 0.2) is 35.5 Å². The maximum Gasteiger partial charge on any atom is 0.265 e. The number of carbonyl (C=O) groups excluding carboxylic acids is 3. The van der Waals surface area contributed by atoms with Gasteiger partial charge in [-0.2, -0.15) is 0 Å². The predicted molar refractivity (Wildman–Crippen MR) is 80.1 cm³/mol. The van der Waals surface area contributed by atoms with Crippen LogP contribution in [0.4, 0.5) is 10.1 Å². The van der Waals surface area contributed by atoms with Crippen molar-refractivity contribution in [2.24, 2.45) is 23.3 Å². The lowest BCUT2D eigenvalue weighted by Crippen LogP contribution is -2.48. The molecule has 1 aromatic rings. The molecule has 1 aliphatic carbocycles. The van der Waals surface area contributed by atoms with Gasteiger partial charge in [0.25, 0.3) is 5.91 Å². The summed E-state index contributed by atoms with van der Waals surface area (Å²) in [7, 11) is 0. The van der Waals surface area contributed by atoms with Gasteiger partial charge in [0.15, 0.2) is 0 Å². The number of halogens is 1. The van der Waals surface area contributed by atoms with Gasteiger partial charge in [0.1, 0.15) is 17.4 Å². The van der Waals surface area contributed by atoms with Crippen LogP contribution in [0.3, 0.4) is 0 Å². The second-order valence-electron chi connectivity index (χ2n) is 5.82. The molecule has 1 aliphatic heterocycles. The Bertz CT molecular complexity index is 723. The Hall–Kier alpha value is -2.70. The number of nitrogens with two attached hydrogens (primary N) is 2. The van der Waals surface area contributed by atoms with Crippen LogP contribution < -0.4 is 16.4 Å². The number of amides is 3. The Morgan fingerprint density at radius 1 is 1.13 bits per heavy atom. The molecule has 7 heteroatoms. The van der Waals surface area contributed by atoms with Crippen LogP contribution in [-0.2, 0) is 14.4 Å². The van der Waals surface area contributed by atoms with E-state index in [4.69, 9.17) is 11.5 Å². The van der Waals surface area contributed by atoms with Crippen LogP contribution in [0.5, 0.6) is 0 Å². The van der Waals surface area contributed by atoms with Crippen molar-refractivity contribution < 1.29 is 18.8 Å². The van der Waals surface area contributed by atoms with Crippen molar-refractivity contribution in [1.29, 1.82) is 0 Å². The fourth-order valence-corrected chi connectivity index (χ4v) is 2.94. The topological polar surface area (TPSA) is 106 Å². The first-order valence-corrected chi connectivity index (χ1v) is 7.32. The zero-order valence-electron chi connectivity index (χ0n) is 12.3. The van der Waals surface area contributed by atoms with Gasteiger partial charge in [-0.15, -0.1) is 0 Å². The molecule has 3 amide bonds. The molecule has 0 bridgehead atoms. The second-order valence-corrected chi connectivity index (χ2v) is 5.82. The molecule has 6 nitrogen and oxygen atoms in total. The zero-order chi connectivity index (χ0) is 16.7. The Balaban J connectivity index is 2.15. The smallest absolute Gasteiger partial charge is 0.265 e. The molecule has 2 aliphatic rings. The molecule has 0 radical (unpaired) electrons. The average molecular weight is 317 g/mol. The van der Waals surface area contributed by atoms with Crippen molar-refractivity contribution in [2.45, 2.75) is 19.3 Å². The summed E-state index contributed by atoms with van der Waals surface area (Å²) in [5.41, 5.74) is 11.9. The monoisotopic (exact) mass is 317 g/mol. The first kappa shape index (κ1) is 15.2. The third kappa shape index (κ3) is 2.69. The van der Waals surface area contributed by atoms with Gasteiger partial charge in [-0.05, 0) is 55.0 Å². The summed E-state index contributed by atoms with van der Waals surface area (Å²) in [5, 5.41) is 0. The van der Waals surface area contributed by atoms with E-state index in [9.17, 15) is 18.8 Å².